The minimum Gasteiger partial charge on any atom is -0.317 e. The Morgan fingerprint density at radius 2 is 1.74 bits per heavy atom. The van der Waals surface area contributed by atoms with E-state index >= 15 is 0 Å². The lowest BCUT2D eigenvalue weighted by molar-refractivity contribution is -0.117. The van der Waals surface area contributed by atoms with Crippen LogP contribution < -0.4 is 10.7 Å². The van der Waals surface area contributed by atoms with Gasteiger partial charge in [-0.05, 0) is 48.7 Å². The summed E-state index contributed by atoms with van der Waals surface area (Å²) in [7, 11) is 0. The molecule has 4 aromatic rings. The van der Waals surface area contributed by atoms with Gasteiger partial charge in [-0.25, -0.2) is 10.1 Å². The van der Waals surface area contributed by atoms with E-state index in [1.165, 1.54) is 17.6 Å². The number of hydrazone groups is 1. The van der Waals surface area contributed by atoms with E-state index in [0.29, 0.717) is 22.0 Å². The van der Waals surface area contributed by atoms with Gasteiger partial charge in [0.1, 0.15) is 10.9 Å². The van der Waals surface area contributed by atoms with Gasteiger partial charge in [-0.2, -0.15) is 10.2 Å². The topological polar surface area (TPSA) is 88.4 Å². The van der Waals surface area contributed by atoms with Crippen molar-refractivity contribution in [3.05, 3.63) is 111 Å². The molecule has 2 aromatic carbocycles. The number of hydrogen-bond donors (Lipinski definition) is 2. The van der Waals surface area contributed by atoms with Crippen molar-refractivity contribution >= 4 is 47.0 Å². The van der Waals surface area contributed by atoms with Crippen LogP contribution in [0.3, 0.4) is 0 Å². The second-order valence-corrected chi connectivity index (χ2v) is 8.47. The van der Waals surface area contributed by atoms with Gasteiger partial charge in [-0.3, -0.25) is 9.59 Å². The van der Waals surface area contributed by atoms with E-state index in [0.717, 1.165) is 10.6 Å². The number of aryl methyl sites for hydroxylation is 1. The number of nitrogens with zero attached hydrogens (tertiary/aromatic N) is 3. The smallest absolute Gasteiger partial charge is 0.287 e. The predicted octanol–water partition coefficient (Wildman–Crippen LogP) is 4.82. The fraction of sp³-hybridized carbons (Fsp3) is 0.0400. The molecule has 2 aromatic heterocycles. The molecule has 2 N–H and O–H groups in total. The maximum atomic E-state index is 12.9. The molecule has 0 saturated carbocycles. The highest BCUT2D eigenvalue weighted by molar-refractivity contribution is 7.10. The van der Waals surface area contributed by atoms with E-state index in [4.69, 9.17) is 11.6 Å². The van der Waals surface area contributed by atoms with Crippen molar-refractivity contribution in [1.82, 2.24) is 20.5 Å². The summed E-state index contributed by atoms with van der Waals surface area (Å²) >= 11 is 7.95. The average molecular weight is 490 g/mol. The van der Waals surface area contributed by atoms with Crippen molar-refractivity contribution in [2.75, 3.05) is 0 Å². The van der Waals surface area contributed by atoms with Gasteiger partial charge in [0.05, 0.1) is 23.2 Å². The first-order chi connectivity index (χ1) is 16.5. The summed E-state index contributed by atoms with van der Waals surface area (Å²) in [6.45, 7) is 1.80. The molecule has 0 fully saturated rings. The number of carbonyl (C=O) groups excluding carboxylic acids is 2. The van der Waals surface area contributed by atoms with Crippen LogP contribution in [-0.2, 0) is 4.79 Å². The molecule has 0 aliphatic heterocycles. The van der Waals surface area contributed by atoms with Gasteiger partial charge in [0.15, 0.2) is 0 Å². The first-order valence-electron chi connectivity index (χ1n) is 10.3. The summed E-state index contributed by atoms with van der Waals surface area (Å²) in [6, 6.07) is 21.8. The first kappa shape index (κ1) is 23.2. The van der Waals surface area contributed by atoms with Crippen molar-refractivity contribution in [3.8, 4) is 5.69 Å². The largest absolute Gasteiger partial charge is 0.317 e. The summed E-state index contributed by atoms with van der Waals surface area (Å²) < 4.78 is 1.60. The van der Waals surface area contributed by atoms with Crippen molar-refractivity contribution in [3.63, 3.8) is 0 Å². The summed E-state index contributed by atoms with van der Waals surface area (Å²) in [6.07, 6.45) is 3.03. The second kappa shape index (κ2) is 10.7. The second-order valence-electron chi connectivity index (χ2n) is 7.13. The fourth-order valence-electron chi connectivity index (χ4n) is 3.07. The Hall–Kier alpha value is -4.01. The summed E-state index contributed by atoms with van der Waals surface area (Å²) in [5, 5.41) is 13.4. The molecule has 2 heterocycles. The SMILES string of the molecule is Cc1nn(-c2ccccc2)c(Cl)c1C=NNC(=O)C(=Cc1cccs1)NC(=O)c1ccccc1. The molecule has 0 saturated heterocycles. The molecule has 0 bridgehead atoms. The molecule has 0 aliphatic rings. The zero-order valence-corrected chi connectivity index (χ0v) is 19.7. The number of hydrogen-bond acceptors (Lipinski definition) is 5. The van der Waals surface area contributed by atoms with Gasteiger partial charge in [0.2, 0.25) is 0 Å². The third-order valence-electron chi connectivity index (χ3n) is 4.77. The van der Waals surface area contributed by atoms with Gasteiger partial charge in [0.25, 0.3) is 11.8 Å². The number of thiophene rings is 1. The highest BCUT2D eigenvalue weighted by Crippen LogP contribution is 2.22. The molecule has 9 heteroatoms. The van der Waals surface area contributed by atoms with E-state index in [2.05, 4.69) is 20.9 Å². The quantitative estimate of drug-likeness (QED) is 0.222. The van der Waals surface area contributed by atoms with E-state index in [1.807, 2.05) is 53.9 Å². The molecule has 0 unspecified atom stereocenters. The Kier molecular flexibility index (Phi) is 7.31. The van der Waals surface area contributed by atoms with Crippen LogP contribution in [-0.4, -0.2) is 27.8 Å². The number of aromatic nitrogens is 2. The number of halogens is 1. The fourth-order valence-corrected chi connectivity index (χ4v) is 4.05. The molecule has 34 heavy (non-hydrogen) atoms. The van der Waals surface area contributed by atoms with Gasteiger partial charge < -0.3 is 5.32 Å². The zero-order chi connectivity index (χ0) is 23.9. The minimum atomic E-state index is -0.571. The molecule has 2 amide bonds. The van der Waals surface area contributed by atoms with Crippen LogP contribution in [0.4, 0.5) is 0 Å². The van der Waals surface area contributed by atoms with Crippen LogP contribution in [0.25, 0.3) is 11.8 Å². The zero-order valence-electron chi connectivity index (χ0n) is 18.1. The summed E-state index contributed by atoms with van der Waals surface area (Å²) in [5.41, 5.74) is 5.00. The first-order valence-corrected chi connectivity index (χ1v) is 11.5. The lowest BCUT2D eigenvalue weighted by Gasteiger charge is -2.08. The molecule has 0 radical (unpaired) electrons. The van der Waals surface area contributed by atoms with Crippen molar-refractivity contribution < 1.29 is 9.59 Å². The van der Waals surface area contributed by atoms with Gasteiger partial charge in [0, 0.05) is 10.4 Å². The summed E-state index contributed by atoms with van der Waals surface area (Å²) in [4.78, 5) is 26.3. The normalized spacial score (nSPS) is 11.5. The van der Waals surface area contributed by atoms with E-state index < -0.39 is 11.8 Å². The van der Waals surface area contributed by atoms with Crippen LogP contribution in [0.5, 0.6) is 0 Å². The monoisotopic (exact) mass is 489 g/mol. The third kappa shape index (κ3) is 5.48. The van der Waals surface area contributed by atoms with E-state index in [1.54, 1.807) is 41.9 Å². The number of carbonyl (C=O) groups is 2. The Morgan fingerprint density at radius 3 is 2.41 bits per heavy atom. The Bertz CT molecular complexity index is 1350. The summed E-state index contributed by atoms with van der Waals surface area (Å²) in [5.74, 6) is -0.969. The van der Waals surface area contributed by atoms with Gasteiger partial charge in [-0.1, -0.05) is 54.1 Å². The number of nitrogens with one attached hydrogen (secondary N) is 2. The van der Waals surface area contributed by atoms with E-state index in [9.17, 15) is 9.59 Å². The Labute approximate surface area is 205 Å². The van der Waals surface area contributed by atoms with Crippen molar-refractivity contribution in [2.24, 2.45) is 5.10 Å². The molecular weight excluding hydrogens is 470 g/mol. The number of benzene rings is 2. The van der Waals surface area contributed by atoms with Crippen LogP contribution in [0, 0.1) is 6.92 Å². The van der Waals surface area contributed by atoms with Crippen molar-refractivity contribution in [2.45, 2.75) is 6.92 Å². The van der Waals surface area contributed by atoms with Gasteiger partial charge >= 0.3 is 0 Å². The average Bonchev–Trinajstić information content (AvgIpc) is 3.47. The minimum absolute atomic E-state index is 0.0660. The molecule has 0 atom stereocenters. The molecule has 4 rings (SSSR count). The Balaban J connectivity index is 1.52. The standard InChI is InChI=1S/C25H20ClN5O2S/c1-17-21(23(26)31(30-17)19-11-6-3-7-12-19)16-27-29-25(33)22(15-20-13-8-14-34-20)28-24(32)18-9-4-2-5-10-18/h2-16H,1H3,(H,28,32)(H,29,33). The van der Waals surface area contributed by atoms with Crippen molar-refractivity contribution in [1.29, 1.82) is 0 Å². The van der Waals surface area contributed by atoms with E-state index in [-0.39, 0.29) is 5.70 Å². The molecule has 170 valence electrons. The molecule has 0 aliphatic carbocycles. The third-order valence-corrected chi connectivity index (χ3v) is 5.95. The Morgan fingerprint density at radius 1 is 1.03 bits per heavy atom. The molecule has 0 spiro atoms. The number of amides is 2. The molecular formula is C25H20ClN5O2S. The van der Waals surface area contributed by atoms with Crippen LogP contribution in [0.1, 0.15) is 26.5 Å². The van der Waals surface area contributed by atoms with Gasteiger partial charge in [-0.15, -0.1) is 11.3 Å². The maximum Gasteiger partial charge on any atom is 0.287 e. The predicted molar refractivity (Wildman–Crippen MR) is 135 cm³/mol. The van der Waals surface area contributed by atoms with Crippen LogP contribution >= 0.6 is 22.9 Å². The number of para-hydroxylation sites is 1. The lowest BCUT2D eigenvalue weighted by atomic mass is 10.2. The maximum absolute atomic E-state index is 12.9. The number of rotatable bonds is 7. The van der Waals surface area contributed by atoms with Crippen LogP contribution in [0.15, 0.2) is 89.0 Å². The van der Waals surface area contributed by atoms with Crippen LogP contribution in [0.2, 0.25) is 5.15 Å². The molecule has 7 nitrogen and oxygen atoms in total. The lowest BCUT2D eigenvalue weighted by Crippen LogP contribution is -2.32. The highest BCUT2D eigenvalue weighted by Gasteiger charge is 2.16. The highest BCUT2D eigenvalue weighted by atomic mass is 35.5.